The predicted octanol–water partition coefficient (Wildman–Crippen LogP) is 4.55. The monoisotopic (exact) mass is 569 g/mol. The smallest absolute Gasteiger partial charge is 0.271 e. The Morgan fingerprint density at radius 1 is 1.05 bits per heavy atom. The Bertz CT molecular complexity index is 1910. The van der Waals surface area contributed by atoms with Crippen LogP contribution in [-0.2, 0) is 4.79 Å². The number of halogens is 1. The number of benzene rings is 2. The third kappa shape index (κ3) is 5.16. The number of amides is 1. The summed E-state index contributed by atoms with van der Waals surface area (Å²) in [5, 5.41) is 4.01. The normalized spacial score (nSPS) is 15.1. The molecule has 2 aromatic carbocycles. The Hall–Kier alpha value is -4.61. The summed E-state index contributed by atoms with van der Waals surface area (Å²) in [6, 6.07) is 19.3. The van der Waals surface area contributed by atoms with E-state index >= 15 is 0 Å². The number of carbonyl (C=O) groups is 1. The highest BCUT2D eigenvalue weighted by Crippen LogP contribution is 2.31. The lowest BCUT2D eigenvalue weighted by Gasteiger charge is -2.25. The summed E-state index contributed by atoms with van der Waals surface area (Å²) in [6.45, 7) is 1.73. The number of fused-ring (bicyclic) bond motifs is 1. The van der Waals surface area contributed by atoms with Gasteiger partial charge in [0.15, 0.2) is 15.1 Å². The second-order valence-electron chi connectivity index (χ2n) is 8.74. The Kier molecular flexibility index (Phi) is 6.97. The summed E-state index contributed by atoms with van der Waals surface area (Å²) in [6.07, 6.45) is 4.94. The Morgan fingerprint density at radius 3 is 2.55 bits per heavy atom. The predicted molar refractivity (Wildman–Crippen MR) is 150 cm³/mol. The van der Waals surface area contributed by atoms with Crippen molar-refractivity contribution in [2.24, 2.45) is 4.99 Å². The van der Waals surface area contributed by atoms with Gasteiger partial charge in [-0.15, -0.1) is 0 Å². The highest BCUT2D eigenvalue weighted by molar-refractivity contribution is 7.99. The lowest BCUT2D eigenvalue weighted by atomic mass is 9.95. The molecule has 3 aromatic heterocycles. The van der Waals surface area contributed by atoms with E-state index < -0.39 is 17.8 Å². The highest BCUT2D eigenvalue weighted by Gasteiger charge is 2.32. The number of hydrogen-bond acceptors (Lipinski definition) is 8. The molecule has 1 N–H and O–H groups in total. The summed E-state index contributed by atoms with van der Waals surface area (Å²) in [7, 11) is 0. The van der Waals surface area contributed by atoms with Gasteiger partial charge in [-0.3, -0.25) is 14.2 Å². The number of aromatic nitrogens is 3. The fourth-order valence-electron chi connectivity index (χ4n) is 4.32. The first-order valence-electron chi connectivity index (χ1n) is 12.2. The number of nitrogens with one attached hydrogen (secondary N) is 1. The van der Waals surface area contributed by atoms with Gasteiger partial charge in [-0.25, -0.2) is 19.4 Å². The standard InChI is InChI=1S/C29H20FN5O3S2/c1-17-24(26(36)34-20-6-3-2-4-7-20)25(18-8-10-19(30)11-9-18)35-27(37)22(39-29(35)33-17)16-21-12-13-23(38-21)40-28-31-14-5-15-32-28/h2-16,25H,1H3,(H,34,36)/b22-16+/t25-/m0/s1. The molecule has 0 saturated heterocycles. The molecule has 0 aliphatic carbocycles. The average Bonchev–Trinajstić information content (AvgIpc) is 3.52. The molecule has 11 heteroatoms. The van der Waals surface area contributed by atoms with E-state index in [1.165, 1.54) is 39.8 Å². The average molecular weight is 570 g/mol. The van der Waals surface area contributed by atoms with Crippen LogP contribution in [0.3, 0.4) is 0 Å². The maximum absolute atomic E-state index is 13.8. The fourth-order valence-corrected chi connectivity index (χ4v) is 6.02. The van der Waals surface area contributed by atoms with Crippen molar-refractivity contribution in [1.29, 1.82) is 0 Å². The Morgan fingerprint density at radius 2 is 1.80 bits per heavy atom. The summed E-state index contributed by atoms with van der Waals surface area (Å²) in [4.78, 5) is 40.7. The number of furan rings is 1. The molecule has 40 heavy (non-hydrogen) atoms. The number of carbonyl (C=O) groups excluding carboxylic acids is 1. The van der Waals surface area contributed by atoms with Crippen molar-refractivity contribution in [2.75, 3.05) is 5.32 Å². The van der Waals surface area contributed by atoms with Crippen molar-refractivity contribution in [3.8, 4) is 0 Å². The molecule has 0 fully saturated rings. The van der Waals surface area contributed by atoms with Gasteiger partial charge in [0.05, 0.1) is 21.8 Å². The molecule has 5 aromatic rings. The van der Waals surface area contributed by atoms with Crippen LogP contribution in [0.15, 0.2) is 121 Å². The first kappa shape index (κ1) is 25.7. The fraction of sp³-hybridized carbons (Fsp3) is 0.0690. The summed E-state index contributed by atoms with van der Waals surface area (Å²) in [5.74, 6) is -0.341. The largest absolute Gasteiger partial charge is 0.450 e. The zero-order valence-electron chi connectivity index (χ0n) is 20.9. The number of rotatable bonds is 6. The minimum Gasteiger partial charge on any atom is -0.450 e. The van der Waals surface area contributed by atoms with Crippen LogP contribution >= 0.6 is 23.1 Å². The molecule has 1 amide bonds. The van der Waals surface area contributed by atoms with Crippen molar-refractivity contribution >= 4 is 40.8 Å². The van der Waals surface area contributed by atoms with Gasteiger partial charge in [0.25, 0.3) is 11.5 Å². The minimum absolute atomic E-state index is 0.300. The lowest BCUT2D eigenvalue weighted by molar-refractivity contribution is -0.113. The third-order valence-electron chi connectivity index (χ3n) is 6.09. The number of nitrogens with zero attached hydrogens (tertiary/aromatic N) is 4. The van der Waals surface area contributed by atoms with Gasteiger partial charge in [0.1, 0.15) is 11.6 Å². The van der Waals surface area contributed by atoms with Gasteiger partial charge in [-0.1, -0.05) is 41.7 Å². The molecular weight excluding hydrogens is 549 g/mol. The van der Waals surface area contributed by atoms with Gasteiger partial charge in [-0.05, 0) is 66.7 Å². The van der Waals surface area contributed by atoms with Crippen molar-refractivity contribution < 1.29 is 13.6 Å². The quantitative estimate of drug-likeness (QED) is 0.301. The number of allylic oxidation sites excluding steroid dienone is 1. The van der Waals surface area contributed by atoms with Crippen molar-refractivity contribution in [2.45, 2.75) is 23.2 Å². The summed E-state index contributed by atoms with van der Waals surface area (Å²) >= 11 is 2.45. The van der Waals surface area contributed by atoms with Crippen molar-refractivity contribution in [1.82, 2.24) is 14.5 Å². The lowest BCUT2D eigenvalue weighted by Crippen LogP contribution is -2.40. The second-order valence-corrected chi connectivity index (χ2v) is 10.7. The van der Waals surface area contributed by atoms with E-state index in [4.69, 9.17) is 4.42 Å². The van der Waals surface area contributed by atoms with Crippen LogP contribution < -0.4 is 20.2 Å². The maximum Gasteiger partial charge on any atom is 0.271 e. The molecule has 0 unspecified atom stereocenters. The van der Waals surface area contributed by atoms with Crippen LogP contribution in [0.2, 0.25) is 0 Å². The zero-order chi connectivity index (χ0) is 27.6. The number of para-hydroxylation sites is 1. The van der Waals surface area contributed by atoms with E-state index in [1.54, 1.807) is 67.9 Å². The molecule has 0 saturated carbocycles. The van der Waals surface area contributed by atoms with Crippen molar-refractivity contribution in [3.63, 3.8) is 0 Å². The van der Waals surface area contributed by atoms with E-state index in [9.17, 15) is 14.0 Å². The molecule has 1 atom stereocenters. The molecule has 8 nitrogen and oxygen atoms in total. The SMILES string of the molecule is CC1=C(C(=O)Nc2ccccc2)[C@H](c2ccc(F)cc2)n2c(s/c(=C/c3ccc(Sc4ncccn4)o3)c2=O)=N1. The van der Waals surface area contributed by atoms with Crippen LogP contribution in [0.5, 0.6) is 0 Å². The molecule has 0 spiro atoms. The van der Waals surface area contributed by atoms with Crippen LogP contribution in [0.4, 0.5) is 10.1 Å². The second kappa shape index (κ2) is 10.9. The van der Waals surface area contributed by atoms with Crippen LogP contribution in [0, 0.1) is 5.82 Å². The van der Waals surface area contributed by atoms with E-state index in [0.717, 1.165) is 0 Å². The van der Waals surface area contributed by atoms with Crippen molar-refractivity contribution in [3.05, 3.63) is 133 Å². The number of hydrogen-bond donors (Lipinski definition) is 1. The number of anilines is 1. The van der Waals surface area contributed by atoms with E-state index in [0.29, 0.717) is 47.9 Å². The van der Waals surface area contributed by atoms with Gasteiger partial charge < -0.3 is 9.73 Å². The van der Waals surface area contributed by atoms with Gasteiger partial charge in [0, 0.05) is 24.2 Å². The van der Waals surface area contributed by atoms with Gasteiger partial charge in [0.2, 0.25) is 0 Å². The zero-order valence-corrected chi connectivity index (χ0v) is 22.6. The van der Waals surface area contributed by atoms with E-state index in [2.05, 4.69) is 20.3 Å². The maximum atomic E-state index is 13.8. The van der Waals surface area contributed by atoms with Crippen LogP contribution in [-0.4, -0.2) is 20.4 Å². The third-order valence-corrected chi connectivity index (χ3v) is 7.89. The van der Waals surface area contributed by atoms with Crippen LogP contribution in [0.1, 0.15) is 24.3 Å². The number of thiazole rings is 1. The van der Waals surface area contributed by atoms with Crippen LogP contribution in [0.25, 0.3) is 6.08 Å². The van der Waals surface area contributed by atoms with E-state index in [-0.39, 0.29) is 5.56 Å². The molecule has 0 radical (unpaired) electrons. The minimum atomic E-state index is -0.805. The first-order valence-corrected chi connectivity index (χ1v) is 13.8. The van der Waals surface area contributed by atoms with Gasteiger partial charge in [-0.2, -0.15) is 0 Å². The molecule has 0 bridgehead atoms. The molecule has 1 aliphatic heterocycles. The Balaban J connectivity index is 1.41. The molecule has 1 aliphatic rings. The molecule has 4 heterocycles. The first-order chi connectivity index (χ1) is 19.5. The van der Waals surface area contributed by atoms with E-state index in [1.807, 2.05) is 18.2 Å². The Labute approximate surface area is 235 Å². The molecular formula is C29H20FN5O3S2. The summed E-state index contributed by atoms with van der Waals surface area (Å²) < 4.78 is 21.6. The summed E-state index contributed by atoms with van der Waals surface area (Å²) in [5.41, 5.74) is 1.62. The highest BCUT2D eigenvalue weighted by atomic mass is 32.2. The van der Waals surface area contributed by atoms with Gasteiger partial charge >= 0.3 is 0 Å². The topological polar surface area (TPSA) is 102 Å². The molecule has 198 valence electrons. The molecule has 6 rings (SSSR count).